The van der Waals surface area contributed by atoms with Crippen LogP contribution in [0.5, 0.6) is 5.75 Å². The van der Waals surface area contributed by atoms with Gasteiger partial charge >= 0.3 is 0 Å². The molecule has 0 bridgehead atoms. The molecule has 0 saturated heterocycles. The smallest absolute Gasteiger partial charge is 0.276 e. The molecule has 4 nitrogen and oxygen atoms in total. The second-order valence-corrected chi connectivity index (χ2v) is 5.45. The average molecular weight is 322 g/mol. The molecular weight excluding hydrogens is 300 g/mol. The first-order chi connectivity index (χ1) is 11.6. The van der Waals surface area contributed by atoms with Gasteiger partial charge in [-0.3, -0.25) is 15.6 Å². The van der Waals surface area contributed by atoms with Crippen molar-refractivity contribution in [3.05, 3.63) is 83.6 Å². The molecular formula is C20H22N2O2. The zero-order valence-corrected chi connectivity index (χ0v) is 14.0. The van der Waals surface area contributed by atoms with Gasteiger partial charge in [-0.05, 0) is 36.6 Å². The minimum absolute atomic E-state index is 0.0611. The molecule has 124 valence electrons. The van der Waals surface area contributed by atoms with Crippen LogP contribution in [0.25, 0.3) is 6.08 Å². The summed E-state index contributed by atoms with van der Waals surface area (Å²) in [6, 6.07) is 15.7. The zero-order valence-electron chi connectivity index (χ0n) is 14.0. The van der Waals surface area contributed by atoms with Crippen molar-refractivity contribution in [3.8, 4) is 5.75 Å². The second-order valence-electron chi connectivity index (χ2n) is 5.45. The highest BCUT2D eigenvalue weighted by Crippen LogP contribution is 2.21. The van der Waals surface area contributed by atoms with Gasteiger partial charge in [0.05, 0.1) is 0 Å². The molecule has 24 heavy (non-hydrogen) atoms. The molecule has 0 aliphatic rings. The molecule has 0 atom stereocenters. The molecule has 0 aromatic heterocycles. The lowest BCUT2D eigenvalue weighted by Gasteiger charge is -2.12. The van der Waals surface area contributed by atoms with E-state index in [2.05, 4.69) is 17.4 Å². The van der Waals surface area contributed by atoms with Gasteiger partial charge in [0, 0.05) is 5.70 Å². The summed E-state index contributed by atoms with van der Waals surface area (Å²) in [7, 11) is 0. The van der Waals surface area contributed by atoms with Crippen molar-refractivity contribution < 1.29 is 9.53 Å². The number of amides is 1. The minimum Gasteiger partial charge on any atom is -0.483 e. The van der Waals surface area contributed by atoms with Crippen LogP contribution >= 0.6 is 0 Å². The molecule has 0 aliphatic carbocycles. The van der Waals surface area contributed by atoms with Crippen molar-refractivity contribution in [3.63, 3.8) is 0 Å². The molecule has 1 amide bonds. The lowest BCUT2D eigenvalue weighted by atomic mass is 10.1. The Morgan fingerprint density at radius 2 is 1.71 bits per heavy atom. The number of carbonyl (C=O) groups excluding carboxylic acids is 1. The van der Waals surface area contributed by atoms with Crippen LogP contribution in [0, 0.1) is 13.8 Å². The van der Waals surface area contributed by atoms with Crippen molar-refractivity contribution in [2.45, 2.75) is 13.8 Å². The van der Waals surface area contributed by atoms with Gasteiger partial charge in [-0.15, -0.1) is 0 Å². The Bertz CT molecular complexity index is 716. The van der Waals surface area contributed by atoms with E-state index < -0.39 is 0 Å². The Kier molecular flexibility index (Phi) is 6.20. The maximum Gasteiger partial charge on any atom is 0.276 e. The van der Waals surface area contributed by atoms with Crippen LogP contribution < -0.4 is 15.6 Å². The summed E-state index contributed by atoms with van der Waals surface area (Å²) in [4.78, 5) is 11.9. The molecule has 2 aromatic carbocycles. The maximum atomic E-state index is 11.9. The fourth-order valence-corrected chi connectivity index (χ4v) is 2.15. The third-order valence-electron chi connectivity index (χ3n) is 3.40. The van der Waals surface area contributed by atoms with E-state index in [-0.39, 0.29) is 12.5 Å². The highest BCUT2D eigenvalue weighted by atomic mass is 16.5. The summed E-state index contributed by atoms with van der Waals surface area (Å²) in [5.41, 5.74) is 8.97. The number of hydrazine groups is 1. The summed E-state index contributed by atoms with van der Waals surface area (Å²) in [5, 5.41) is 0. The number of hydrogen-bond donors (Lipinski definition) is 2. The van der Waals surface area contributed by atoms with E-state index in [0.717, 1.165) is 22.4 Å². The number of nitrogens with one attached hydrogen (secondary N) is 2. The molecule has 0 radical (unpaired) electrons. The SMILES string of the molecule is C=C(C=Cc1ccccc1)NNC(=O)COc1c(C)cccc1C. The first kappa shape index (κ1) is 17.3. The van der Waals surface area contributed by atoms with Gasteiger partial charge in [0.25, 0.3) is 5.91 Å². The van der Waals surface area contributed by atoms with E-state index in [0.29, 0.717) is 5.70 Å². The average Bonchev–Trinajstić information content (AvgIpc) is 2.58. The van der Waals surface area contributed by atoms with Gasteiger partial charge in [0.2, 0.25) is 0 Å². The van der Waals surface area contributed by atoms with E-state index in [9.17, 15) is 4.79 Å². The summed E-state index contributed by atoms with van der Waals surface area (Å²) in [6.07, 6.45) is 3.71. The number of carbonyl (C=O) groups is 1. The largest absolute Gasteiger partial charge is 0.483 e. The topological polar surface area (TPSA) is 50.4 Å². The van der Waals surface area contributed by atoms with E-state index in [1.807, 2.05) is 68.5 Å². The fourth-order valence-electron chi connectivity index (χ4n) is 2.15. The first-order valence-corrected chi connectivity index (χ1v) is 7.72. The molecule has 0 aliphatic heterocycles. The number of hydrogen-bond acceptors (Lipinski definition) is 3. The van der Waals surface area contributed by atoms with Gasteiger partial charge < -0.3 is 4.74 Å². The van der Waals surface area contributed by atoms with Crippen molar-refractivity contribution >= 4 is 12.0 Å². The van der Waals surface area contributed by atoms with Crippen LogP contribution in [0.3, 0.4) is 0 Å². The Balaban J connectivity index is 1.77. The Hall–Kier alpha value is -3.01. The second kappa shape index (κ2) is 8.58. The van der Waals surface area contributed by atoms with Crippen molar-refractivity contribution in [1.82, 2.24) is 10.9 Å². The van der Waals surface area contributed by atoms with Crippen LogP contribution in [0.15, 0.2) is 66.9 Å². The van der Waals surface area contributed by atoms with Gasteiger partial charge in [-0.2, -0.15) is 0 Å². The predicted molar refractivity (Wildman–Crippen MR) is 97.3 cm³/mol. The Morgan fingerprint density at radius 1 is 1.04 bits per heavy atom. The highest BCUT2D eigenvalue weighted by molar-refractivity contribution is 5.77. The molecule has 2 aromatic rings. The van der Waals surface area contributed by atoms with Crippen LogP contribution in [0.4, 0.5) is 0 Å². The van der Waals surface area contributed by atoms with Gasteiger partial charge in [0.15, 0.2) is 6.61 Å². The van der Waals surface area contributed by atoms with Crippen LogP contribution in [-0.2, 0) is 4.79 Å². The lowest BCUT2D eigenvalue weighted by molar-refractivity contribution is -0.123. The molecule has 0 heterocycles. The third-order valence-corrected chi connectivity index (χ3v) is 3.40. The van der Waals surface area contributed by atoms with Gasteiger partial charge in [-0.1, -0.05) is 61.2 Å². The Morgan fingerprint density at radius 3 is 2.38 bits per heavy atom. The number of allylic oxidation sites excluding steroid dienone is 1. The number of ether oxygens (including phenoxy) is 1. The predicted octanol–water partition coefficient (Wildman–Crippen LogP) is 3.53. The van der Waals surface area contributed by atoms with Crippen molar-refractivity contribution in [1.29, 1.82) is 0 Å². The van der Waals surface area contributed by atoms with Crippen molar-refractivity contribution in [2.75, 3.05) is 6.61 Å². The van der Waals surface area contributed by atoms with Crippen molar-refractivity contribution in [2.24, 2.45) is 0 Å². The van der Waals surface area contributed by atoms with Gasteiger partial charge in [0.1, 0.15) is 5.75 Å². The lowest BCUT2D eigenvalue weighted by Crippen LogP contribution is -2.39. The monoisotopic (exact) mass is 322 g/mol. The van der Waals surface area contributed by atoms with Crippen LogP contribution in [0.2, 0.25) is 0 Å². The zero-order chi connectivity index (χ0) is 17.4. The third kappa shape index (κ3) is 5.32. The standard InChI is InChI=1S/C20H22N2O2/c1-15-8-7-9-16(2)20(15)24-14-19(23)22-21-17(3)12-13-18-10-5-4-6-11-18/h4-13,21H,3,14H2,1-2H3,(H,22,23). The van der Waals surface area contributed by atoms with E-state index in [1.54, 1.807) is 6.08 Å². The van der Waals surface area contributed by atoms with Crippen LogP contribution in [0.1, 0.15) is 16.7 Å². The quantitative estimate of drug-likeness (QED) is 0.606. The molecule has 0 saturated carbocycles. The van der Waals surface area contributed by atoms with E-state index in [4.69, 9.17) is 4.74 Å². The van der Waals surface area contributed by atoms with Crippen LogP contribution in [-0.4, -0.2) is 12.5 Å². The fraction of sp³-hybridized carbons (Fsp3) is 0.150. The molecule has 4 heteroatoms. The molecule has 2 N–H and O–H groups in total. The molecule has 2 rings (SSSR count). The number of rotatable bonds is 7. The number of para-hydroxylation sites is 1. The first-order valence-electron chi connectivity index (χ1n) is 7.72. The summed E-state index contributed by atoms with van der Waals surface area (Å²) >= 11 is 0. The number of aryl methyl sites for hydroxylation is 2. The summed E-state index contributed by atoms with van der Waals surface area (Å²) in [5.74, 6) is 0.474. The normalized spacial score (nSPS) is 10.4. The maximum absolute atomic E-state index is 11.9. The number of benzene rings is 2. The van der Waals surface area contributed by atoms with E-state index in [1.165, 1.54) is 0 Å². The Labute approximate surface area is 142 Å². The highest BCUT2D eigenvalue weighted by Gasteiger charge is 2.06. The molecule has 0 spiro atoms. The molecule has 0 fully saturated rings. The van der Waals surface area contributed by atoms with Gasteiger partial charge in [-0.25, -0.2) is 0 Å². The summed E-state index contributed by atoms with van der Waals surface area (Å²) < 4.78 is 5.59. The summed E-state index contributed by atoms with van der Waals surface area (Å²) in [6.45, 7) is 7.68. The minimum atomic E-state index is -0.271. The molecule has 0 unspecified atom stereocenters. The van der Waals surface area contributed by atoms with E-state index >= 15 is 0 Å².